The van der Waals surface area contributed by atoms with Crippen molar-refractivity contribution >= 4 is 29.0 Å². The fraction of sp³-hybridized carbons (Fsp3) is 0.360. The average molecular weight is 437 g/mol. The molecular formula is C25H31N3PS+. The topological polar surface area (TPSA) is 19.7 Å². The number of benzene rings is 2. The summed E-state index contributed by atoms with van der Waals surface area (Å²) in [6.07, 6.45) is 5.30. The number of fused-ring (bicyclic) bond motifs is 1. The van der Waals surface area contributed by atoms with Crippen LogP contribution in [-0.2, 0) is 11.8 Å². The van der Waals surface area contributed by atoms with E-state index in [4.69, 9.17) is 11.8 Å². The van der Waals surface area contributed by atoms with Crippen LogP contribution in [0, 0.1) is 5.41 Å². The van der Waals surface area contributed by atoms with Gasteiger partial charge in [-0.3, -0.25) is 10.2 Å². The largest absolute Gasteiger partial charge is 0.305 e. The summed E-state index contributed by atoms with van der Waals surface area (Å²) in [6.45, 7) is 7.19. The van der Waals surface area contributed by atoms with E-state index in [2.05, 4.69) is 90.8 Å². The van der Waals surface area contributed by atoms with E-state index < -0.39 is 6.19 Å². The Labute approximate surface area is 185 Å². The molecule has 0 aromatic heterocycles. The number of piperidine rings is 1. The quantitative estimate of drug-likeness (QED) is 0.699. The number of likely N-dealkylation sites (tertiary alicyclic amines) is 1. The third-order valence-corrected chi connectivity index (χ3v) is 11.2. The number of hydrazine groups is 1. The second kappa shape index (κ2) is 7.67. The molecule has 5 heteroatoms. The molecule has 5 rings (SSSR count). The summed E-state index contributed by atoms with van der Waals surface area (Å²) in [7, 11) is 0. The molecule has 2 aromatic carbocycles. The first-order valence-corrected chi connectivity index (χ1v) is 13.8. The highest BCUT2D eigenvalue weighted by atomic mass is 32.4. The lowest BCUT2D eigenvalue weighted by Crippen LogP contribution is -3.11. The van der Waals surface area contributed by atoms with E-state index in [0.29, 0.717) is 0 Å². The van der Waals surface area contributed by atoms with Gasteiger partial charge in [0.25, 0.3) is 0 Å². The Morgan fingerprint density at radius 1 is 0.933 bits per heavy atom. The maximum Gasteiger partial charge on any atom is 0.121 e. The molecule has 156 valence electrons. The van der Waals surface area contributed by atoms with Crippen LogP contribution in [0.5, 0.6) is 0 Å². The monoisotopic (exact) mass is 436 g/mol. The first-order valence-electron chi connectivity index (χ1n) is 11.1. The molecule has 3 aliphatic rings. The maximum absolute atomic E-state index is 6.72. The third kappa shape index (κ3) is 3.36. The van der Waals surface area contributed by atoms with Gasteiger partial charge in [0.05, 0.1) is 29.8 Å². The van der Waals surface area contributed by atoms with E-state index in [1.807, 2.05) is 0 Å². The molecule has 1 atom stereocenters. The minimum atomic E-state index is -2.22. The van der Waals surface area contributed by atoms with E-state index in [1.165, 1.54) is 48.7 Å². The summed E-state index contributed by atoms with van der Waals surface area (Å²) in [4.78, 5) is 1.66. The maximum atomic E-state index is 6.72. The third-order valence-electron chi connectivity index (χ3n) is 6.51. The van der Waals surface area contributed by atoms with E-state index in [0.717, 1.165) is 12.1 Å². The molecule has 0 bridgehead atoms. The molecule has 1 aliphatic carbocycles. The minimum Gasteiger partial charge on any atom is -0.305 e. The second-order valence-electron chi connectivity index (χ2n) is 9.39. The zero-order valence-corrected chi connectivity index (χ0v) is 19.6. The number of nitrogens with zero attached hydrogens (tertiary/aromatic N) is 1. The lowest BCUT2D eigenvalue weighted by molar-refractivity contribution is -0.868. The molecule has 0 saturated carbocycles. The first-order chi connectivity index (χ1) is 14.5. The van der Waals surface area contributed by atoms with Crippen molar-refractivity contribution in [2.24, 2.45) is 5.41 Å². The predicted molar refractivity (Wildman–Crippen MR) is 130 cm³/mol. The van der Waals surface area contributed by atoms with Gasteiger partial charge < -0.3 is 4.90 Å². The Morgan fingerprint density at radius 2 is 1.57 bits per heavy atom. The van der Waals surface area contributed by atoms with Crippen molar-refractivity contribution in [2.45, 2.75) is 39.5 Å². The van der Waals surface area contributed by atoms with E-state index in [1.54, 1.807) is 10.6 Å². The molecular weight excluding hydrogens is 405 g/mol. The van der Waals surface area contributed by atoms with Crippen molar-refractivity contribution < 1.29 is 4.90 Å². The van der Waals surface area contributed by atoms with Crippen LogP contribution < -0.4 is 20.4 Å². The van der Waals surface area contributed by atoms with Gasteiger partial charge in [-0.1, -0.05) is 80.3 Å². The van der Waals surface area contributed by atoms with E-state index in [-0.39, 0.29) is 5.41 Å². The average Bonchev–Trinajstić information content (AvgIpc) is 3.07. The summed E-state index contributed by atoms with van der Waals surface area (Å²) in [6, 6.07) is 21.5. The SMILES string of the molecule is CC1(C)C=C2NN(c3ccccc3)[P@](=S)(c3ccccc3)C2=C([NH+]2CCCCC2)C1. The van der Waals surface area contributed by atoms with Gasteiger partial charge in [0.2, 0.25) is 0 Å². The summed E-state index contributed by atoms with van der Waals surface area (Å²) < 4.78 is 2.32. The molecule has 0 unspecified atom stereocenters. The molecule has 30 heavy (non-hydrogen) atoms. The fourth-order valence-corrected chi connectivity index (χ4v) is 9.58. The number of hydrogen-bond donors (Lipinski definition) is 2. The number of hydrogen-bond acceptors (Lipinski definition) is 2. The molecule has 0 spiro atoms. The highest BCUT2D eigenvalue weighted by Crippen LogP contribution is 2.65. The Balaban J connectivity index is 1.75. The number of allylic oxidation sites excluding steroid dienone is 3. The van der Waals surface area contributed by atoms with Crippen LogP contribution in [0.2, 0.25) is 0 Å². The molecule has 2 saturated heterocycles. The van der Waals surface area contributed by atoms with Crippen LogP contribution >= 0.6 is 6.19 Å². The number of rotatable bonds is 3. The van der Waals surface area contributed by atoms with Crippen molar-refractivity contribution in [1.82, 2.24) is 5.43 Å². The molecule has 0 radical (unpaired) electrons. The van der Waals surface area contributed by atoms with Crippen LogP contribution in [0.25, 0.3) is 0 Å². The van der Waals surface area contributed by atoms with Crippen LogP contribution in [-0.4, -0.2) is 13.1 Å². The highest BCUT2D eigenvalue weighted by Gasteiger charge is 2.48. The van der Waals surface area contributed by atoms with Crippen LogP contribution in [0.15, 0.2) is 83.4 Å². The summed E-state index contributed by atoms with van der Waals surface area (Å²) in [5, 5.41) is 2.69. The number of nitrogens with one attached hydrogen (secondary N) is 2. The van der Waals surface area contributed by atoms with Gasteiger partial charge in [-0.25, -0.2) is 0 Å². The molecule has 2 aromatic rings. The van der Waals surface area contributed by atoms with Crippen molar-refractivity contribution in [2.75, 3.05) is 17.9 Å². The molecule has 2 fully saturated rings. The summed E-state index contributed by atoms with van der Waals surface area (Å²) in [5.74, 6) is 0. The zero-order valence-electron chi connectivity index (χ0n) is 17.9. The lowest BCUT2D eigenvalue weighted by atomic mass is 9.82. The van der Waals surface area contributed by atoms with Crippen LogP contribution in [0.1, 0.15) is 39.5 Å². The van der Waals surface area contributed by atoms with Gasteiger partial charge in [-0.2, -0.15) is 0 Å². The van der Waals surface area contributed by atoms with Gasteiger partial charge in [0, 0.05) is 11.7 Å². The molecule has 2 heterocycles. The highest BCUT2D eigenvalue weighted by molar-refractivity contribution is 8.21. The van der Waals surface area contributed by atoms with Crippen molar-refractivity contribution in [3.8, 4) is 0 Å². The van der Waals surface area contributed by atoms with Crippen molar-refractivity contribution in [3.05, 3.63) is 83.4 Å². The van der Waals surface area contributed by atoms with E-state index >= 15 is 0 Å². The summed E-state index contributed by atoms with van der Waals surface area (Å²) in [5.41, 5.74) is 7.89. The van der Waals surface area contributed by atoms with Gasteiger partial charge in [0.1, 0.15) is 11.9 Å². The van der Waals surface area contributed by atoms with Gasteiger partial charge >= 0.3 is 0 Å². The van der Waals surface area contributed by atoms with Gasteiger partial charge in [0.15, 0.2) is 0 Å². The Morgan fingerprint density at radius 3 is 2.23 bits per heavy atom. The number of para-hydroxylation sites is 1. The molecule has 2 aliphatic heterocycles. The molecule has 2 N–H and O–H groups in total. The van der Waals surface area contributed by atoms with E-state index in [9.17, 15) is 0 Å². The predicted octanol–water partition coefficient (Wildman–Crippen LogP) is 4.33. The Bertz CT molecular complexity index is 1040. The number of anilines is 1. The Hall–Kier alpha value is -1.87. The smallest absolute Gasteiger partial charge is 0.121 e. The van der Waals surface area contributed by atoms with Crippen molar-refractivity contribution in [1.29, 1.82) is 0 Å². The van der Waals surface area contributed by atoms with Crippen LogP contribution in [0.3, 0.4) is 0 Å². The number of quaternary nitrogens is 1. The standard InChI is InChI=1S/C25H30N3PS/c1-25(2)18-22-24(23(19-25)27-16-10-5-11-17-27)29(30,21-14-8-4-9-15-21)28(26-22)20-12-6-3-7-13-20/h3-4,6-9,12-15,18,26H,5,10-11,16-17,19H2,1-2H3/p+1/t29-/m0/s1. The lowest BCUT2D eigenvalue weighted by Gasteiger charge is -2.36. The first kappa shape index (κ1) is 20.1. The molecule has 3 nitrogen and oxygen atoms in total. The van der Waals surface area contributed by atoms with Gasteiger partial charge in [-0.05, 0) is 36.8 Å². The van der Waals surface area contributed by atoms with Gasteiger partial charge in [-0.15, -0.1) is 0 Å². The molecule has 0 amide bonds. The Kier molecular flexibility index (Phi) is 5.13. The van der Waals surface area contributed by atoms with Crippen LogP contribution in [0.4, 0.5) is 5.69 Å². The minimum absolute atomic E-state index is 0.134. The fourth-order valence-electron chi connectivity index (χ4n) is 5.17. The van der Waals surface area contributed by atoms with Crippen molar-refractivity contribution in [3.63, 3.8) is 0 Å². The second-order valence-corrected chi connectivity index (χ2v) is 13.5. The summed E-state index contributed by atoms with van der Waals surface area (Å²) >= 11 is 6.72. The normalized spacial score (nSPS) is 26.2. The zero-order chi connectivity index (χ0) is 20.8.